The Morgan fingerprint density at radius 3 is 2.41 bits per heavy atom. The maximum Gasteiger partial charge on any atom is 0.421 e. The van der Waals surface area contributed by atoms with E-state index in [1.54, 1.807) is 13.1 Å². The fourth-order valence-electron chi connectivity index (χ4n) is 4.53. The van der Waals surface area contributed by atoms with E-state index in [9.17, 15) is 27.6 Å². The first-order valence-electron chi connectivity index (χ1n) is 11.7. The van der Waals surface area contributed by atoms with E-state index in [1.807, 2.05) is 4.90 Å². The number of fused-ring (bicyclic) bond motifs is 1. The first-order valence-corrected chi connectivity index (χ1v) is 13.5. The molecule has 1 saturated heterocycles. The van der Waals surface area contributed by atoms with Crippen LogP contribution in [0.25, 0.3) is 0 Å². The lowest BCUT2D eigenvalue weighted by molar-refractivity contribution is -0.137. The Morgan fingerprint density at radius 1 is 1.10 bits per heavy atom. The number of aliphatic hydroxyl groups is 1. The zero-order valence-corrected chi connectivity index (χ0v) is 21.4. The summed E-state index contributed by atoms with van der Waals surface area (Å²) in [5.41, 5.74) is 1.41. The van der Waals surface area contributed by atoms with Gasteiger partial charge in [-0.15, -0.1) is 0 Å². The van der Waals surface area contributed by atoms with Gasteiger partial charge < -0.3 is 35.3 Å². The Balaban J connectivity index is 1.46. The highest BCUT2D eigenvalue weighted by molar-refractivity contribution is 7.50. The number of alkyl halides is 3. The summed E-state index contributed by atoms with van der Waals surface area (Å²) in [4.78, 5) is 42.4. The molecular formula is C24H24F3N6O5P. The molecule has 1 fully saturated rings. The van der Waals surface area contributed by atoms with Gasteiger partial charge in [0.1, 0.15) is 11.4 Å². The van der Waals surface area contributed by atoms with Crippen molar-refractivity contribution < 1.29 is 37.4 Å². The van der Waals surface area contributed by atoms with Crippen molar-refractivity contribution in [3.05, 3.63) is 64.8 Å². The molecule has 2 aliphatic rings. The SMILES string of the molecule is CN1Cc2c(N3CC(O)C3)ccc(Nc3nc(Nc4ccc(CP(=O)(O)O)cc4)ncc3C(F)(F)F)c2C1=O. The molecule has 5 rings (SSSR count). The second kappa shape index (κ2) is 9.79. The van der Waals surface area contributed by atoms with Crippen LogP contribution in [0.5, 0.6) is 0 Å². The zero-order valence-electron chi connectivity index (χ0n) is 20.5. The molecular weight excluding hydrogens is 540 g/mol. The molecule has 3 heterocycles. The highest BCUT2D eigenvalue weighted by Crippen LogP contribution is 2.41. The summed E-state index contributed by atoms with van der Waals surface area (Å²) in [6.07, 6.45) is -5.09. The summed E-state index contributed by atoms with van der Waals surface area (Å²) >= 11 is 0. The molecule has 0 atom stereocenters. The molecule has 2 aliphatic heterocycles. The molecule has 0 spiro atoms. The third-order valence-electron chi connectivity index (χ3n) is 6.39. The molecule has 1 amide bonds. The molecule has 0 unspecified atom stereocenters. The van der Waals surface area contributed by atoms with Crippen LogP contribution in [0.4, 0.5) is 42.0 Å². The Labute approximate surface area is 220 Å². The molecule has 11 nitrogen and oxygen atoms in total. The van der Waals surface area contributed by atoms with Crippen LogP contribution in [-0.4, -0.2) is 61.9 Å². The molecule has 0 bridgehead atoms. The Bertz CT molecular complexity index is 1470. The average Bonchev–Trinajstić information content (AvgIpc) is 3.12. The summed E-state index contributed by atoms with van der Waals surface area (Å²) in [6.45, 7) is 1.07. The zero-order chi connectivity index (χ0) is 28.1. The number of halogens is 3. The number of nitrogens with one attached hydrogen (secondary N) is 2. The van der Waals surface area contributed by atoms with Crippen LogP contribution in [0.2, 0.25) is 0 Å². The molecule has 0 radical (unpaired) electrons. The van der Waals surface area contributed by atoms with E-state index in [2.05, 4.69) is 20.6 Å². The molecule has 5 N–H and O–H groups in total. The minimum absolute atomic E-state index is 0.154. The number of hydrogen-bond donors (Lipinski definition) is 5. The van der Waals surface area contributed by atoms with Crippen molar-refractivity contribution in [1.29, 1.82) is 0 Å². The van der Waals surface area contributed by atoms with E-state index in [0.717, 1.165) is 5.69 Å². The van der Waals surface area contributed by atoms with Crippen LogP contribution >= 0.6 is 7.60 Å². The van der Waals surface area contributed by atoms with E-state index in [-0.39, 0.29) is 29.7 Å². The Hall–Kier alpha value is -3.71. The van der Waals surface area contributed by atoms with Crippen LogP contribution in [0.15, 0.2) is 42.6 Å². The largest absolute Gasteiger partial charge is 0.421 e. The van der Waals surface area contributed by atoms with Crippen molar-refractivity contribution in [2.24, 2.45) is 0 Å². The number of aromatic nitrogens is 2. The smallest absolute Gasteiger partial charge is 0.389 e. The van der Waals surface area contributed by atoms with Crippen molar-refractivity contribution in [1.82, 2.24) is 14.9 Å². The van der Waals surface area contributed by atoms with Crippen molar-refractivity contribution in [2.75, 3.05) is 35.7 Å². The van der Waals surface area contributed by atoms with Gasteiger partial charge in [0.25, 0.3) is 5.91 Å². The molecule has 0 aliphatic carbocycles. The number of β-amino-alcohol motifs (C(OH)–C–C–N with tert-alkyl or cyclic N) is 1. The number of amides is 1. The van der Waals surface area contributed by atoms with E-state index < -0.39 is 37.4 Å². The monoisotopic (exact) mass is 564 g/mol. The number of rotatable bonds is 7. The van der Waals surface area contributed by atoms with Gasteiger partial charge in [-0.05, 0) is 29.8 Å². The molecule has 0 saturated carbocycles. The number of carbonyl (C=O) groups excluding carboxylic acids is 1. The average molecular weight is 564 g/mol. The van der Waals surface area contributed by atoms with Crippen LogP contribution in [0.1, 0.15) is 27.0 Å². The maximum absolute atomic E-state index is 13.9. The lowest BCUT2D eigenvalue weighted by Gasteiger charge is -2.39. The van der Waals surface area contributed by atoms with Crippen molar-refractivity contribution in [3.63, 3.8) is 0 Å². The van der Waals surface area contributed by atoms with Crippen LogP contribution in [0.3, 0.4) is 0 Å². The molecule has 39 heavy (non-hydrogen) atoms. The standard InChI is InChI=1S/C24H24F3N6O5P/c1-32-11-16-19(33-9-15(34)10-33)7-6-18(20(16)22(32)35)30-21-17(24(25,26)27)8-28-23(31-21)29-14-4-2-13(3-5-14)12-39(36,37)38/h2-8,15,34H,9-12H2,1H3,(H2,36,37,38)(H2,28,29,30,31). The van der Waals surface area contributed by atoms with Gasteiger partial charge in [-0.2, -0.15) is 18.2 Å². The molecule has 1 aromatic heterocycles. The maximum atomic E-state index is 13.9. The van der Waals surface area contributed by atoms with E-state index in [0.29, 0.717) is 36.1 Å². The summed E-state index contributed by atoms with van der Waals surface area (Å²) in [6, 6.07) is 9.14. The summed E-state index contributed by atoms with van der Waals surface area (Å²) in [5.74, 6) is -1.08. The number of anilines is 5. The fraction of sp³-hybridized carbons (Fsp3) is 0.292. The fourth-order valence-corrected chi connectivity index (χ4v) is 5.21. The molecule has 15 heteroatoms. The Morgan fingerprint density at radius 2 is 1.79 bits per heavy atom. The minimum atomic E-state index is -4.79. The van der Waals surface area contributed by atoms with Gasteiger partial charge in [-0.3, -0.25) is 9.36 Å². The third kappa shape index (κ3) is 5.69. The molecule has 2 aromatic carbocycles. The number of hydrogen-bond acceptors (Lipinski definition) is 8. The summed E-state index contributed by atoms with van der Waals surface area (Å²) in [7, 11) is -2.66. The summed E-state index contributed by atoms with van der Waals surface area (Å²) in [5, 5.41) is 15.2. The quantitative estimate of drug-likeness (QED) is 0.270. The lowest BCUT2D eigenvalue weighted by Crippen LogP contribution is -2.51. The van der Waals surface area contributed by atoms with Gasteiger partial charge in [0.15, 0.2) is 0 Å². The van der Waals surface area contributed by atoms with Crippen LogP contribution in [-0.2, 0) is 23.4 Å². The van der Waals surface area contributed by atoms with Crippen LogP contribution < -0.4 is 15.5 Å². The van der Waals surface area contributed by atoms with E-state index in [4.69, 9.17) is 9.79 Å². The minimum Gasteiger partial charge on any atom is -0.389 e. The van der Waals surface area contributed by atoms with Crippen molar-refractivity contribution in [3.8, 4) is 0 Å². The number of nitrogens with zero attached hydrogens (tertiary/aromatic N) is 4. The van der Waals surface area contributed by atoms with Gasteiger partial charge in [-0.25, -0.2) is 4.98 Å². The number of aliphatic hydroxyl groups excluding tert-OH is 1. The van der Waals surface area contributed by atoms with Crippen molar-refractivity contribution in [2.45, 2.75) is 25.0 Å². The van der Waals surface area contributed by atoms with Gasteiger partial charge in [0.05, 0.1) is 23.5 Å². The van der Waals surface area contributed by atoms with Gasteiger partial charge >= 0.3 is 13.8 Å². The van der Waals surface area contributed by atoms with Crippen molar-refractivity contribution >= 4 is 42.3 Å². The Kier molecular flexibility index (Phi) is 6.75. The van der Waals surface area contributed by atoms with E-state index >= 15 is 0 Å². The highest BCUT2D eigenvalue weighted by Gasteiger charge is 2.38. The summed E-state index contributed by atoms with van der Waals surface area (Å²) < 4.78 is 52.8. The van der Waals surface area contributed by atoms with Gasteiger partial charge in [0.2, 0.25) is 5.95 Å². The predicted octanol–water partition coefficient (Wildman–Crippen LogP) is 3.43. The second-order valence-corrected chi connectivity index (χ2v) is 11.1. The first-order chi connectivity index (χ1) is 18.3. The second-order valence-electron chi connectivity index (χ2n) is 9.43. The van der Waals surface area contributed by atoms with Gasteiger partial charge in [0, 0.05) is 49.8 Å². The number of carbonyl (C=O) groups is 1. The third-order valence-corrected chi connectivity index (χ3v) is 7.17. The first kappa shape index (κ1) is 26.9. The van der Waals surface area contributed by atoms with Gasteiger partial charge in [-0.1, -0.05) is 12.1 Å². The predicted molar refractivity (Wildman–Crippen MR) is 136 cm³/mol. The topological polar surface area (TPSA) is 151 Å². The molecule has 3 aromatic rings. The molecule has 206 valence electrons. The normalized spacial score (nSPS) is 15.8. The lowest BCUT2D eigenvalue weighted by atomic mass is 10.0. The highest BCUT2D eigenvalue weighted by atomic mass is 31.2. The number of benzene rings is 2. The van der Waals surface area contributed by atoms with E-state index in [1.165, 1.54) is 35.2 Å². The van der Waals surface area contributed by atoms with Crippen LogP contribution in [0, 0.1) is 0 Å².